The maximum absolute atomic E-state index is 12.1. The summed E-state index contributed by atoms with van der Waals surface area (Å²) in [4.78, 5) is 12.1. The first-order valence-corrected chi connectivity index (χ1v) is 8.81. The van der Waals surface area contributed by atoms with Crippen LogP contribution in [0, 0.1) is 5.92 Å². The fourth-order valence-electron chi connectivity index (χ4n) is 4.00. The van der Waals surface area contributed by atoms with Crippen LogP contribution in [0.2, 0.25) is 0 Å². The number of amides is 1. The molecule has 4 rings (SSSR count). The largest absolute Gasteiger partial charge is 0.492 e. The molecule has 6 nitrogen and oxygen atoms in total. The zero-order chi connectivity index (χ0) is 16.4. The van der Waals surface area contributed by atoms with Crippen LogP contribution in [-0.2, 0) is 4.79 Å². The summed E-state index contributed by atoms with van der Waals surface area (Å²) in [7, 11) is 0. The first kappa shape index (κ1) is 18.1. The number of fused-ring (bicyclic) bond motifs is 3. The number of ether oxygens (including phenoxy) is 3. The average molecular weight is 369 g/mol. The first-order valence-electron chi connectivity index (χ1n) is 8.81. The van der Waals surface area contributed by atoms with Crippen LogP contribution in [0.1, 0.15) is 32.1 Å². The molecular formula is C18H25ClN2O4. The van der Waals surface area contributed by atoms with Crippen molar-refractivity contribution < 1.29 is 19.0 Å². The molecule has 138 valence electrons. The van der Waals surface area contributed by atoms with Gasteiger partial charge in [-0.2, -0.15) is 0 Å². The maximum Gasteiger partial charge on any atom is 0.231 e. The topological polar surface area (TPSA) is 68.8 Å². The molecule has 0 radical (unpaired) electrons. The third-order valence-electron chi connectivity index (χ3n) is 5.08. The minimum absolute atomic E-state index is 0. The van der Waals surface area contributed by atoms with E-state index >= 15 is 0 Å². The predicted molar refractivity (Wildman–Crippen MR) is 95.6 cm³/mol. The van der Waals surface area contributed by atoms with Crippen molar-refractivity contribution in [1.82, 2.24) is 10.6 Å². The second-order valence-corrected chi connectivity index (χ2v) is 6.89. The quantitative estimate of drug-likeness (QED) is 0.754. The van der Waals surface area contributed by atoms with E-state index in [9.17, 15) is 4.79 Å². The molecule has 3 aliphatic heterocycles. The Hall–Kier alpha value is -1.66. The second-order valence-electron chi connectivity index (χ2n) is 6.89. The zero-order valence-corrected chi connectivity index (χ0v) is 15.0. The van der Waals surface area contributed by atoms with Crippen molar-refractivity contribution >= 4 is 18.3 Å². The standard InChI is InChI=1S/C18H24N2O4.ClH/c21-18(9-12-7-13-1-2-14(8-12)20-13)19-5-6-22-15-3-4-16-17(10-15)24-11-23-16;/h3-4,10,12-14,20H,1-2,5-9,11H2,(H,19,21);1H. The van der Waals surface area contributed by atoms with Gasteiger partial charge in [0.2, 0.25) is 12.7 Å². The van der Waals surface area contributed by atoms with Gasteiger partial charge in [-0.05, 0) is 43.7 Å². The van der Waals surface area contributed by atoms with Crippen molar-refractivity contribution in [2.75, 3.05) is 19.9 Å². The molecule has 0 aliphatic carbocycles. The number of nitrogens with one attached hydrogen (secondary N) is 2. The fraction of sp³-hybridized carbons (Fsp3) is 0.611. The molecule has 2 saturated heterocycles. The van der Waals surface area contributed by atoms with Crippen LogP contribution in [0.3, 0.4) is 0 Å². The summed E-state index contributed by atoms with van der Waals surface area (Å²) in [6, 6.07) is 6.77. The first-order chi connectivity index (χ1) is 11.8. The summed E-state index contributed by atoms with van der Waals surface area (Å²) >= 11 is 0. The van der Waals surface area contributed by atoms with Crippen molar-refractivity contribution in [2.24, 2.45) is 5.92 Å². The Morgan fingerprint density at radius 2 is 1.96 bits per heavy atom. The molecular weight excluding hydrogens is 344 g/mol. The lowest BCUT2D eigenvalue weighted by atomic mass is 9.89. The Labute approximate surface area is 154 Å². The van der Waals surface area contributed by atoms with E-state index in [0.29, 0.717) is 43.3 Å². The highest BCUT2D eigenvalue weighted by Gasteiger charge is 2.34. The average Bonchev–Trinajstić information content (AvgIpc) is 3.17. The molecule has 2 bridgehead atoms. The lowest BCUT2D eigenvalue weighted by molar-refractivity contribution is -0.122. The van der Waals surface area contributed by atoms with Crippen LogP contribution in [0.25, 0.3) is 0 Å². The van der Waals surface area contributed by atoms with Crippen LogP contribution in [0.4, 0.5) is 0 Å². The van der Waals surface area contributed by atoms with Gasteiger partial charge in [0.15, 0.2) is 11.5 Å². The minimum Gasteiger partial charge on any atom is -0.492 e. The highest BCUT2D eigenvalue weighted by Crippen LogP contribution is 2.35. The van der Waals surface area contributed by atoms with Gasteiger partial charge in [0, 0.05) is 24.6 Å². The van der Waals surface area contributed by atoms with E-state index in [1.807, 2.05) is 18.2 Å². The van der Waals surface area contributed by atoms with E-state index in [2.05, 4.69) is 10.6 Å². The zero-order valence-electron chi connectivity index (χ0n) is 14.2. The number of carbonyl (C=O) groups excluding carboxylic acids is 1. The number of carbonyl (C=O) groups is 1. The second kappa shape index (κ2) is 8.15. The van der Waals surface area contributed by atoms with E-state index in [0.717, 1.165) is 24.3 Å². The summed E-state index contributed by atoms with van der Waals surface area (Å²) in [5.41, 5.74) is 0. The number of hydrogen-bond acceptors (Lipinski definition) is 5. The molecule has 2 unspecified atom stereocenters. The Morgan fingerprint density at radius 3 is 2.76 bits per heavy atom. The van der Waals surface area contributed by atoms with Crippen molar-refractivity contribution in [1.29, 1.82) is 0 Å². The van der Waals surface area contributed by atoms with Gasteiger partial charge < -0.3 is 24.8 Å². The normalized spacial score (nSPS) is 26.0. The van der Waals surface area contributed by atoms with Gasteiger partial charge in [-0.3, -0.25) is 4.79 Å². The van der Waals surface area contributed by atoms with E-state index < -0.39 is 0 Å². The van der Waals surface area contributed by atoms with Crippen LogP contribution in [0.15, 0.2) is 18.2 Å². The number of hydrogen-bond donors (Lipinski definition) is 2. The van der Waals surface area contributed by atoms with Crippen LogP contribution in [0.5, 0.6) is 17.2 Å². The Bertz CT molecular complexity index is 601. The van der Waals surface area contributed by atoms with E-state index in [-0.39, 0.29) is 25.1 Å². The summed E-state index contributed by atoms with van der Waals surface area (Å²) in [5, 5.41) is 6.57. The molecule has 2 fully saturated rings. The molecule has 7 heteroatoms. The number of piperidine rings is 1. The summed E-state index contributed by atoms with van der Waals surface area (Å²) in [6.07, 6.45) is 5.45. The number of benzene rings is 1. The highest BCUT2D eigenvalue weighted by atomic mass is 35.5. The number of halogens is 1. The Balaban J connectivity index is 0.00000182. The van der Waals surface area contributed by atoms with Crippen LogP contribution < -0.4 is 24.8 Å². The summed E-state index contributed by atoms with van der Waals surface area (Å²) in [5.74, 6) is 2.83. The highest BCUT2D eigenvalue weighted by molar-refractivity contribution is 5.85. The van der Waals surface area contributed by atoms with Gasteiger partial charge >= 0.3 is 0 Å². The van der Waals surface area contributed by atoms with Crippen molar-refractivity contribution in [2.45, 2.75) is 44.2 Å². The van der Waals surface area contributed by atoms with Gasteiger partial charge in [-0.15, -0.1) is 12.4 Å². The lowest BCUT2D eigenvalue weighted by Gasteiger charge is -2.28. The SMILES string of the molecule is Cl.O=C(CC1CC2CCC(C1)N2)NCCOc1ccc2c(c1)OCO2. The molecule has 3 heterocycles. The van der Waals surface area contributed by atoms with Crippen LogP contribution >= 0.6 is 12.4 Å². The molecule has 3 aliphatic rings. The van der Waals surface area contributed by atoms with Gasteiger partial charge in [-0.25, -0.2) is 0 Å². The third-order valence-corrected chi connectivity index (χ3v) is 5.08. The summed E-state index contributed by atoms with van der Waals surface area (Å²) < 4.78 is 16.2. The lowest BCUT2D eigenvalue weighted by Crippen LogP contribution is -2.40. The molecule has 2 atom stereocenters. The molecule has 0 aromatic heterocycles. The minimum atomic E-state index is 0. The van der Waals surface area contributed by atoms with Crippen molar-refractivity contribution in [3.8, 4) is 17.2 Å². The predicted octanol–water partition coefficient (Wildman–Crippen LogP) is 2.25. The van der Waals surface area contributed by atoms with Gasteiger partial charge in [0.05, 0.1) is 6.54 Å². The van der Waals surface area contributed by atoms with Gasteiger partial charge in [0.25, 0.3) is 0 Å². The molecule has 2 N–H and O–H groups in total. The number of rotatable bonds is 6. The molecule has 25 heavy (non-hydrogen) atoms. The Kier molecular flexibility index (Phi) is 5.91. The monoisotopic (exact) mass is 368 g/mol. The Morgan fingerprint density at radius 1 is 1.20 bits per heavy atom. The fourth-order valence-corrected chi connectivity index (χ4v) is 4.00. The molecule has 1 aromatic rings. The van der Waals surface area contributed by atoms with Crippen LogP contribution in [-0.4, -0.2) is 37.9 Å². The third kappa shape index (κ3) is 4.50. The van der Waals surface area contributed by atoms with Gasteiger partial charge in [0.1, 0.15) is 12.4 Å². The maximum atomic E-state index is 12.1. The smallest absolute Gasteiger partial charge is 0.231 e. The van der Waals surface area contributed by atoms with Crippen molar-refractivity contribution in [3.63, 3.8) is 0 Å². The van der Waals surface area contributed by atoms with E-state index in [1.54, 1.807) is 0 Å². The summed E-state index contributed by atoms with van der Waals surface area (Å²) in [6.45, 7) is 1.22. The molecule has 0 saturated carbocycles. The molecule has 1 amide bonds. The molecule has 0 spiro atoms. The van der Waals surface area contributed by atoms with E-state index in [1.165, 1.54) is 12.8 Å². The molecule has 1 aromatic carbocycles. The van der Waals surface area contributed by atoms with Gasteiger partial charge in [-0.1, -0.05) is 0 Å². The van der Waals surface area contributed by atoms with E-state index in [4.69, 9.17) is 14.2 Å². The van der Waals surface area contributed by atoms with Crippen molar-refractivity contribution in [3.05, 3.63) is 18.2 Å².